The van der Waals surface area contributed by atoms with E-state index >= 15 is 0 Å². The van der Waals surface area contributed by atoms with Crippen LogP contribution in [0.5, 0.6) is 0 Å². The van der Waals surface area contributed by atoms with Gasteiger partial charge in [-0.05, 0) is 25.1 Å². The van der Waals surface area contributed by atoms with Gasteiger partial charge < -0.3 is 4.74 Å². The second-order valence-corrected chi connectivity index (χ2v) is 3.70. The lowest BCUT2D eigenvalue weighted by Gasteiger charge is -2.09. The van der Waals surface area contributed by atoms with Crippen molar-refractivity contribution in [2.45, 2.75) is 19.5 Å². The number of rotatable bonds is 3. The third-order valence-corrected chi connectivity index (χ3v) is 2.26. The van der Waals surface area contributed by atoms with Crippen molar-refractivity contribution >= 4 is 12.3 Å². The third kappa shape index (κ3) is 4.43. The van der Waals surface area contributed by atoms with Gasteiger partial charge in [0.05, 0.1) is 12.2 Å². The summed E-state index contributed by atoms with van der Waals surface area (Å²) in [4.78, 5) is 21.6. The molecule has 0 aromatic heterocycles. The number of benzene rings is 1. The smallest absolute Gasteiger partial charge is 0.417 e. The Hall–Kier alpha value is -2.29. The Kier molecular flexibility index (Phi) is 5.32. The van der Waals surface area contributed by atoms with Crippen LogP contribution in [-0.2, 0) is 15.7 Å². The minimum atomic E-state index is -4.63. The highest BCUT2D eigenvalue weighted by molar-refractivity contribution is 5.78. The zero-order valence-corrected chi connectivity index (χ0v) is 10.6. The van der Waals surface area contributed by atoms with E-state index < -0.39 is 23.3 Å². The number of alkyl halides is 3. The first-order valence-corrected chi connectivity index (χ1v) is 5.69. The van der Waals surface area contributed by atoms with Crippen molar-refractivity contribution in [2.24, 2.45) is 0 Å². The lowest BCUT2D eigenvalue weighted by molar-refractivity contribution is -0.142. The van der Waals surface area contributed by atoms with E-state index in [2.05, 4.69) is 16.6 Å². The van der Waals surface area contributed by atoms with E-state index in [1.807, 2.05) is 0 Å². The molecule has 0 unspecified atom stereocenters. The number of carbonyl (C=O) groups excluding carboxylic acids is 2. The zero-order chi connectivity index (χ0) is 15.2. The highest BCUT2D eigenvalue weighted by Crippen LogP contribution is 2.31. The summed E-state index contributed by atoms with van der Waals surface area (Å²) >= 11 is 0. The number of hydrogen-bond donors (Lipinski definition) is 0. The normalized spacial score (nSPS) is 10.4. The number of halogens is 3. The molecule has 106 valence electrons. The molecule has 0 saturated heterocycles. The molecule has 0 spiro atoms. The van der Waals surface area contributed by atoms with Crippen molar-refractivity contribution < 1.29 is 27.5 Å². The molecule has 0 bridgehead atoms. The van der Waals surface area contributed by atoms with Crippen LogP contribution in [0.4, 0.5) is 13.2 Å². The van der Waals surface area contributed by atoms with E-state index in [4.69, 9.17) is 0 Å². The van der Waals surface area contributed by atoms with Gasteiger partial charge >= 0.3 is 12.1 Å². The van der Waals surface area contributed by atoms with E-state index in [1.54, 1.807) is 6.92 Å². The quantitative estimate of drug-likeness (QED) is 0.487. The van der Waals surface area contributed by atoms with Crippen LogP contribution in [0.25, 0.3) is 0 Å². The Balaban J connectivity index is 2.96. The van der Waals surface area contributed by atoms with Gasteiger partial charge in [0.15, 0.2) is 6.29 Å². The Morgan fingerprint density at radius 3 is 2.65 bits per heavy atom. The second-order valence-electron chi connectivity index (χ2n) is 3.70. The number of carbonyl (C=O) groups is 2. The Bertz CT molecular complexity index is 565. The molecule has 0 atom stereocenters. The van der Waals surface area contributed by atoms with Crippen LogP contribution in [0.2, 0.25) is 0 Å². The summed E-state index contributed by atoms with van der Waals surface area (Å²) in [5.41, 5.74) is -1.42. The van der Waals surface area contributed by atoms with Gasteiger partial charge in [-0.15, -0.1) is 0 Å². The maximum atomic E-state index is 12.7. The molecular weight excluding hydrogens is 273 g/mol. The number of esters is 1. The fraction of sp³-hybridized carbons (Fsp3) is 0.286. The molecule has 0 saturated carbocycles. The van der Waals surface area contributed by atoms with Crippen LogP contribution < -0.4 is 0 Å². The molecule has 1 rings (SSSR count). The Morgan fingerprint density at radius 2 is 2.10 bits per heavy atom. The summed E-state index contributed by atoms with van der Waals surface area (Å²) in [5, 5.41) is 0. The summed E-state index contributed by atoms with van der Waals surface area (Å²) < 4.78 is 42.7. The van der Waals surface area contributed by atoms with E-state index in [0.29, 0.717) is 0 Å². The Labute approximate surface area is 113 Å². The fourth-order valence-corrected chi connectivity index (χ4v) is 1.41. The molecule has 6 heteroatoms. The van der Waals surface area contributed by atoms with Crippen molar-refractivity contribution in [1.82, 2.24) is 0 Å². The van der Waals surface area contributed by atoms with Gasteiger partial charge in [0, 0.05) is 11.1 Å². The molecule has 3 nitrogen and oxygen atoms in total. The Morgan fingerprint density at radius 1 is 1.40 bits per heavy atom. The predicted octanol–water partition coefficient (Wildman–Crippen LogP) is 2.82. The topological polar surface area (TPSA) is 43.4 Å². The third-order valence-electron chi connectivity index (χ3n) is 2.26. The molecule has 0 heterocycles. The van der Waals surface area contributed by atoms with Gasteiger partial charge in [-0.25, -0.2) is 0 Å². The van der Waals surface area contributed by atoms with E-state index in [0.717, 1.165) is 12.1 Å². The molecule has 0 aliphatic carbocycles. The van der Waals surface area contributed by atoms with Crippen LogP contribution in [0.15, 0.2) is 18.2 Å². The molecule has 0 amide bonds. The molecule has 0 fully saturated rings. The van der Waals surface area contributed by atoms with Gasteiger partial charge in [0.25, 0.3) is 0 Å². The maximum Gasteiger partial charge on any atom is 0.417 e. The molecule has 0 aliphatic heterocycles. The monoisotopic (exact) mass is 284 g/mol. The number of ether oxygens (including phenoxy) is 1. The first-order chi connectivity index (χ1) is 9.38. The van der Waals surface area contributed by atoms with Crippen molar-refractivity contribution in [3.05, 3.63) is 34.9 Å². The first kappa shape index (κ1) is 15.8. The molecule has 20 heavy (non-hydrogen) atoms. The van der Waals surface area contributed by atoms with E-state index in [1.165, 1.54) is 6.07 Å². The average Bonchev–Trinajstić information content (AvgIpc) is 2.38. The van der Waals surface area contributed by atoms with Gasteiger partial charge in [-0.1, -0.05) is 11.8 Å². The van der Waals surface area contributed by atoms with Crippen LogP contribution in [0, 0.1) is 11.8 Å². The molecule has 0 radical (unpaired) electrons. The molecule has 0 aliphatic rings. The highest BCUT2D eigenvalue weighted by atomic mass is 19.4. The second kappa shape index (κ2) is 6.75. The van der Waals surface area contributed by atoms with Gasteiger partial charge in [0.2, 0.25) is 0 Å². The number of hydrogen-bond acceptors (Lipinski definition) is 3. The fourth-order valence-electron chi connectivity index (χ4n) is 1.41. The number of aldehydes is 1. The van der Waals surface area contributed by atoms with Crippen molar-refractivity contribution in [3.63, 3.8) is 0 Å². The van der Waals surface area contributed by atoms with Crippen LogP contribution in [0.3, 0.4) is 0 Å². The van der Waals surface area contributed by atoms with Crippen LogP contribution >= 0.6 is 0 Å². The molecule has 1 aromatic carbocycles. The van der Waals surface area contributed by atoms with Crippen LogP contribution in [0.1, 0.15) is 34.8 Å². The average molecular weight is 284 g/mol. The maximum absolute atomic E-state index is 12.7. The molecule has 0 N–H and O–H groups in total. The van der Waals surface area contributed by atoms with E-state index in [-0.39, 0.29) is 24.9 Å². The van der Waals surface area contributed by atoms with E-state index in [9.17, 15) is 22.8 Å². The standard InChI is InChI=1S/C14H11F3O3/c1-2-20-13(19)5-3-4-10-6-7-11(9-18)12(8-10)14(15,16)17/h6-9H,2,5H2,1H3. The van der Waals surface area contributed by atoms with Crippen molar-refractivity contribution in [2.75, 3.05) is 6.61 Å². The highest BCUT2D eigenvalue weighted by Gasteiger charge is 2.33. The van der Waals surface area contributed by atoms with Gasteiger partial charge in [-0.2, -0.15) is 13.2 Å². The molecular formula is C14H11F3O3. The lowest BCUT2D eigenvalue weighted by Crippen LogP contribution is -2.09. The first-order valence-electron chi connectivity index (χ1n) is 5.69. The van der Waals surface area contributed by atoms with Crippen LogP contribution in [-0.4, -0.2) is 18.9 Å². The summed E-state index contributed by atoms with van der Waals surface area (Å²) in [5.74, 6) is 4.31. The van der Waals surface area contributed by atoms with Crippen molar-refractivity contribution in [3.8, 4) is 11.8 Å². The summed E-state index contributed by atoms with van der Waals surface area (Å²) in [6.07, 6.45) is -4.70. The minimum Gasteiger partial charge on any atom is -0.465 e. The summed E-state index contributed by atoms with van der Waals surface area (Å²) in [6, 6.07) is 3.11. The SMILES string of the molecule is CCOC(=O)CC#Cc1ccc(C=O)c(C(F)(F)F)c1. The summed E-state index contributed by atoms with van der Waals surface area (Å²) in [6.45, 7) is 1.85. The van der Waals surface area contributed by atoms with Gasteiger partial charge in [0.1, 0.15) is 6.42 Å². The minimum absolute atomic E-state index is 0.0761. The van der Waals surface area contributed by atoms with Crippen molar-refractivity contribution in [1.29, 1.82) is 0 Å². The molecule has 1 aromatic rings. The largest absolute Gasteiger partial charge is 0.465 e. The summed E-state index contributed by atoms with van der Waals surface area (Å²) in [7, 11) is 0. The van der Waals surface area contributed by atoms with Gasteiger partial charge in [-0.3, -0.25) is 9.59 Å². The predicted molar refractivity (Wildman–Crippen MR) is 65.0 cm³/mol. The lowest BCUT2D eigenvalue weighted by atomic mass is 10.0. The zero-order valence-electron chi connectivity index (χ0n) is 10.6.